The number of likely N-dealkylation sites (tertiary alicyclic amines) is 1. The average Bonchev–Trinajstić information content (AvgIpc) is 3.35. The first-order chi connectivity index (χ1) is 16.5. The highest BCUT2D eigenvalue weighted by atomic mass is 16.5. The molecule has 1 amide bonds. The second kappa shape index (κ2) is 8.67. The lowest BCUT2D eigenvalue weighted by molar-refractivity contribution is -0.140. The van der Waals surface area contributed by atoms with Gasteiger partial charge in [0.15, 0.2) is 0 Å². The number of Topliss-reactive ketones (excluding diaryl/α,β-unsaturated/α-hetero) is 1. The molecule has 172 valence electrons. The van der Waals surface area contributed by atoms with E-state index in [-0.39, 0.29) is 24.0 Å². The summed E-state index contributed by atoms with van der Waals surface area (Å²) in [7, 11) is 1.57. The number of hydrogen-bond donors (Lipinski definition) is 1. The number of rotatable bonds is 5. The van der Waals surface area contributed by atoms with E-state index in [1.54, 1.807) is 62.0 Å². The van der Waals surface area contributed by atoms with E-state index in [9.17, 15) is 14.7 Å². The van der Waals surface area contributed by atoms with Crippen LogP contribution in [0.1, 0.15) is 35.2 Å². The van der Waals surface area contributed by atoms with Crippen molar-refractivity contribution in [2.24, 2.45) is 0 Å². The SMILES string of the molecule is COc1ccc([C@H]2/C(=C(\O)c3ccc4c(c3)C[C@@H](C)O4)C(=O)C(=O)N2Cc2cccnc2)cc1. The second-order valence-corrected chi connectivity index (χ2v) is 8.52. The van der Waals surface area contributed by atoms with Crippen molar-refractivity contribution in [2.75, 3.05) is 7.11 Å². The van der Waals surface area contributed by atoms with Gasteiger partial charge in [0.1, 0.15) is 23.4 Å². The monoisotopic (exact) mass is 456 g/mol. The normalized spacial score (nSPS) is 20.8. The highest BCUT2D eigenvalue weighted by Crippen LogP contribution is 2.41. The van der Waals surface area contributed by atoms with Crippen molar-refractivity contribution >= 4 is 17.4 Å². The summed E-state index contributed by atoms with van der Waals surface area (Å²) in [5.41, 5.74) is 2.98. The Bertz CT molecular complexity index is 1280. The van der Waals surface area contributed by atoms with Crippen LogP contribution in [0, 0.1) is 0 Å². The molecule has 0 unspecified atom stereocenters. The number of benzene rings is 2. The lowest BCUT2D eigenvalue weighted by Crippen LogP contribution is -2.29. The number of fused-ring (bicyclic) bond motifs is 1. The zero-order valence-electron chi connectivity index (χ0n) is 18.9. The van der Waals surface area contributed by atoms with Gasteiger partial charge in [-0.05, 0) is 60.0 Å². The van der Waals surface area contributed by atoms with Crippen molar-refractivity contribution in [1.82, 2.24) is 9.88 Å². The van der Waals surface area contributed by atoms with Crippen molar-refractivity contribution in [3.8, 4) is 11.5 Å². The van der Waals surface area contributed by atoms with Crippen LogP contribution >= 0.6 is 0 Å². The van der Waals surface area contributed by atoms with Crippen LogP contribution in [-0.4, -0.2) is 39.9 Å². The van der Waals surface area contributed by atoms with Crippen molar-refractivity contribution in [3.05, 3.63) is 94.8 Å². The van der Waals surface area contributed by atoms with Gasteiger partial charge < -0.3 is 19.5 Å². The molecule has 1 fully saturated rings. The fourth-order valence-electron chi connectivity index (χ4n) is 4.59. The number of ether oxygens (including phenoxy) is 2. The van der Waals surface area contributed by atoms with Crippen LogP contribution in [0.15, 0.2) is 72.6 Å². The number of nitrogens with zero attached hydrogens (tertiary/aromatic N) is 2. The molecule has 3 aromatic rings. The summed E-state index contributed by atoms with van der Waals surface area (Å²) in [6, 6.07) is 15.4. The highest BCUT2D eigenvalue weighted by molar-refractivity contribution is 6.46. The van der Waals surface area contributed by atoms with Crippen molar-refractivity contribution in [2.45, 2.75) is 32.0 Å². The number of pyridine rings is 1. The first-order valence-electron chi connectivity index (χ1n) is 11.1. The fraction of sp³-hybridized carbons (Fsp3) is 0.222. The Labute approximate surface area is 197 Å². The molecule has 7 nitrogen and oxygen atoms in total. The Kier molecular flexibility index (Phi) is 5.53. The second-order valence-electron chi connectivity index (χ2n) is 8.52. The van der Waals surface area contributed by atoms with Crippen molar-refractivity contribution in [3.63, 3.8) is 0 Å². The van der Waals surface area contributed by atoms with E-state index in [1.807, 2.05) is 19.1 Å². The minimum atomic E-state index is -0.755. The van der Waals surface area contributed by atoms with Crippen LogP contribution in [0.2, 0.25) is 0 Å². The number of aliphatic hydroxyl groups is 1. The molecular formula is C27H24N2O5. The number of carbonyl (C=O) groups excluding carboxylic acids is 2. The lowest BCUT2D eigenvalue weighted by Gasteiger charge is -2.25. The number of amides is 1. The van der Waals surface area contributed by atoms with Gasteiger partial charge in [-0.3, -0.25) is 14.6 Å². The quantitative estimate of drug-likeness (QED) is 0.354. The van der Waals surface area contributed by atoms with E-state index in [1.165, 1.54) is 4.90 Å². The summed E-state index contributed by atoms with van der Waals surface area (Å²) in [4.78, 5) is 32.0. The number of aromatic nitrogens is 1. The first kappa shape index (κ1) is 21.7. The van der Waals surface area contributed by atoms with Crippen LogP contribution in [0.5, 0.6) is 11.5 Å². The summed E-state index contributed by atoms with van der Waals surface area (Å²) in [5, 5.41) is 11.3. The average molecular weight is 456 g/mol. The van der Waals surface area contributed by atoms with Crippen LogP contribution < -0.4 is 9.47 Å². The molecule has 5 rings (SSSR count). The summed E-state index contributed by atoms with van der Waals surface area (Å²) >= 11 is 0. The minimum absolute atomic E-state index is 0.0526. The molecule has 1 aromatic heterocycles. The third-order valence-electron chi connectivity index (χ3n) is 6.22. The molecule has 2 atom stereocenters. The topological polar surface area (TPSA) is 89.0 Å². The summed E-state index contributed by atoms with van der Waals surface area (Å²) in [6.07, 6.45) is 4.08. The Balaban J connectivity index is 1.62. The van der Waals surface area contributed by atoms with E-state index in [4.69, 9.17) is 9.47 Å². The molecule has 1 N–H and O–H groups in total. The Morgan fingerprint density at radius 2 is 1.97 bits per heavy atom. The van der Waals surface area contributed by atoms with Gasteiger partial charge in [0, 0.05) is 30.9 Å². The summed E-state index contributed by atoms with van der Waals surface area (Å²) in [6.45, 7) is 2.16. The molecule has 3 heterocycles. The minimum Gasteiger partial charge on any atom is -0.507 e. The molecule has 2 aliphatic heterocycles. The van der Waals surface area contributed by atoms with Gasteiger partial charge >= 0.3 is 0 Å². The summed E-state index contributed by atoms with van der Waals surface area (Å²) < 4.78 is 11.0. The highest BCUT2D eigenvalue weighted by Gasteiger charge is 2.46. The maximum atomic E-state index is 13.2. The number of hydrogen-bond acceptors (Lipinski definition) is 6. The number of methoxy groups -OCH3 is 1. The molecule has 0 radical (unpaired) electrons. The maximum Gasteiger partial charge on any atom is 0.295 e. The predicted octanol–water partition coefficient (Wildman–Crippen LogP) is 4.04. The van der Waals surface area contributed by atoms with E-state index >= 15 is 0 Å². The van der Waals surface area contributed by atoms with Crippen LogP contribution in [0.3, 0.4) is 0 Å². The smallest absolute Gasteiger partial charge is 0.295 e. The molecule has 34 heavy (non-hydrogen) atoms. The zero-order valence-corrected chi connectivity index (χ0v) is 18.9. The van der Waals surface area contributed by atoms with Gasteiger partial charge in [0.05, 0.1) is 18.7 Å². The van der Waals surface area contributed by atoms with Gasteiger partial charge in [0.2, 0.25) is 0 Å². The van der Waals surface area contributed by atoms with Crippen molar-refractivity contribution in [1.29, 1.82) is 0 Å². The molecule has 0 spiro atoms. The Morgan fingerprint density at radius 1 is 1.18 bits per heavy atom. The molecule has 2 aliphatic rings. The van der Waals surface area contributed by atoms with Gasteiger partial charge in [-0.1, -0.05) is 18.2 Å². The third-order valence-corrected chi connectivity index (χ3v) is 6.22. The summed E-state index contributed by atoms with van der Waals surface area (Å²) in [5.74, 6) is -0.152. The van der Waals surface area contributed by atoms with Gasteiger partial charge in [0.25, 0.3) is 11.7 Å². The fourth-order valence-corrected chi connectivity index (χ4v) is 4.59. The lowest BCUT2D eigenvalue weighted by atomic mass is 9.94. The maximum absolute atomic E-state index is 13.2. The van der Waals surface area contributed by atoms with E-state index < -0.39 is 17.7 Å². The predicted molar refractivity (Wildman–Crippen MR) is 125 cm³/mol. The molecule has 2 aromatic carbocycles. The van der Waals surface area contributed by atoms with Gasteiger partial charge in [-0.15, -0.1) is 0 Å². The van der Waals surface area contributed by atoms with Crippen LogP contribution in [0.25, 0.3) is 5.76 Å². The van der Waals surface area contributed by atoms with Crippen LogP contribution in [-0.2, 0) is 22.6 Å². The van der Waals surface area contributed by atoms with Crippen molar-refractivity contribution < 1.29 is 24.2 Å². The van der Waals surface area contributed by atoms with E-state index in [0.717, 1.165) is 16.9 Å². The van der Waals surface area contributed by atoms with Crippen LogP contribution in [0.4, 0.5) is 0 Å². The molecule has 1 saturated heterocycles. The standard InChI is InChI=1S/C27H24N2O5/c1-16-12-20-13-19(7-10-22(20)34-16)25(30)23-24(18-5-8-21(33-2)9-6-18)29(27(32)26(23)31)15-17-4-3-11-28-14-17/h3-11,13-14,16,24,30H,12,15H2,1-2H3/b25-23+/t16-,24+/m1/s1. The van der Waals surface area contributed by atoms with Gasteiger partial charge in [-0.2, -0.15) is 0 Å². The molecular weight excluding hydrogens is 432 g/mol. The number of aliphatic hydroxyl groups excluding tert-OH is 1. The molecule has 0 saturated carbocycles. The largest absolute Gasteiger partial charge is 0.507 e. The first-order valence-corrected chi connectivity index (χ1v) is 11.1. The van der Waals surface area contributed by atoms with E-state index in [0.29, 0.717) is 23.3 Å². The zero-order chi connectivity index (χ0) is 23.8. The molecule has 7 heteroatoms. The number of carbonyl (C=O) groups is 2. The Hall–Kier alpha value is -4.13. The molecule has 0 bridgehead atoms. The van der Waals surface area contributed by atoms with Gasteiger partial charge in [-0.25, -0.2) is 0 Å². The number of ketones is 1. The molecule has 0 aliphatic carbocycles. The Morgan fingerprint density at radius 3 is 2.68 bits per heavy atom. The van der Waals surface area contributed by atoms with E-state index in [2.05, 4.69) is 4.98 Å². The third kappa shape index (κ3) is 3.79.